The lowest BCUT2D eigenvalue weighted by Crippen LogP contribution is -2.18. The molecule has 0 unspecified atom stereocenters. The van der Waals surface area contributed by atoms with Gasteiger partial charge in [-0.3, -0.25) is 0 Å². The van der Waals surface area contributed by atoms with E-state index in [-0.39, 0.29) is 0 Å². The number of likely N-dealkylation sites (N-methyl/N-ethyl adjacent to an activating group) is 1. The molecule has 0 N–H and O–H groups in total. The van der Waals surface area contributed by atoms with E-state index in [0.29, 0.717) is 0 Å². The Hall–Kier alpha value is -1.70. The van der Waals surface area contributed by atoms with Gasteiger partial charge in [0.1, 0.15) is 6.26 Å². The van der Waals surface area contributed by atoms with Crippen LogP contribution in [0.3, 0.4) is 0 Å². The van der Waals surface area contributed by atoms with Gasteiger partial charge in [0, 0.05) is 7.05 Å². The summed E-state index contributed by atoms with van der Waals surface area (Å²) in [5.41, 5.74) is 2.20. The second-order valence-corrected chi connectivity index (χ2v) is 3.15. The average molecular weight is 203 g/mol. The fourth-order valence-electron chi connectivity index (χ4n) is 1.35. The number of hydrogen-bond donors (Lipinski definition) is 0. The summed E-state index contributed by atoms with van der Waals surface area (Å²) in [4.78, 5) is 5.28. The lowest BCUT2D eigenvalue weighted by molar-refractivity contribution is -0.0454. The van der Waals surface area contributed by atoms with Crippen LogP contribution in [-0.2, 0) is 4.84 Å². The van der Waals surface area contributed by atoms with Crippen LogP contribution in [0.2, 0.25) is 0 Å². The van der Waals surface area contributed by atoms with E-state index in [0.717, 1.165) is 17.7 Å². The van der Waals surface area contributed by atoms with Crippen LogP contribution in [0.15, 0.2) is 60.6 Å². The number of allylic oxidation sites excluding steroid dienone is 6. The molecule has 1 heterocycles. The summed E-state index contributed by atoms with van der Waals surface area (Å²) in [5, 5.41) is 1.74. The second-order valence-electron chi connectivity index (χ2n) is 3.15. The van der Waals surface area contributed by atoms with Crippen molar-refractivity contribution in [3.63, 3.8) is 0 Å². The van der Waals surface area contributed by atoms with Crippen molar-refractivity contribution in [3.05, 3.63) is 60.6 Å². The second kappa shape index (κ2) is 5.91. The lowest BCUT2D eigenvalue weighted by Gasteiger charge is -2.23. The lowest BCUT2D eigenvalue weighted by atomic mass is 10.1. The molecule has 0 atom stereocenters. The molecule has 0 aliphatic carbocycles. The predicted molar refractivity (Wildman–Crippen MR) is 63.8 cm³/mol. The third-order valence-corrected chi connectivity index (χ3v) is 2.02. The minimum absolute atomic E-state index is 0.992. The minimum atomic E-state index is 0.992. The maximum atomic E-state index is 5.28. The first kappa shape index (κ1) is 11.4. The van der Waals surface area contributed by atoms with Crippen LogP contribution in [0.4, 0.5) is 0 Å². The number of rotatable bonds is 4. The number of hydroxylamine groups is 2. The Morgan fingerprint density at radius 3 is 3.00 bits per heavy atom. The van der Waals surface area contributed by atoms with Crippen molar-refractivity contribution in [2.45, 2.75) is 13.3 Å². The van der Waals surface area contributed by atoms with E-state index in [9.17, 15) is 0 Å². The highest BCUT2D eigenvalue weighted by atomic mass is 16.7. The maximum Gasteiger partial charge on any atom is 0.119 e. The molecule has 0 saturated heterocycles. The molecule has 1 aliphatic heterocycles. The number of hydrogen-bond acceptors (Lipinski definition) is 2. The molecule has 2 heteroatoms. The molecule has 0 aromatic carbocycles. The normalized spacial score (nSPS) is 16.5. The zero-order valence-electron chi connectivity index (χ0n) is 9.31. The summed E-state index contributed by atoms with van der Waals surface area (Å²) < 4.78 is 0. The molecule has 80 valence electrons. The smallest absolute Gasteiger partial charge is 0.119 e. The molecule has 0 fully saturated rings. The van der Waals surface area contributed by atoms with Crippen LogP contribution < -0.4 is 0 Å². The van der Waals surface area contributed by atoms with Gasteiger partial charge < -0.3 is 4.84 Å². The van der Waals surface area contributed by atoms with Crippen molar-refractivity contribution in [2.75, 3.05) is 7.05 Å². The highest BCUT2D eigenvalue weighted by Crippen LogP contribution is 2.19. The molecule has 0 aromatic rings. The molecule has 0 amide bonds. The Morgan fingerprint density at radius 2 is 2.40 bits per heavy atom. The van der Waals surface area contributed by atoms with Gasteiger partial charge in [-0.15, -0.1) is 0 Å². The molecule has 1 aliphatic rings. The molecular weight excluding hydrogens is 186 g/mol. The van der Waals surface area contributed by atoms with E-state index in [1.54, 1.807) is 17.4 Å². The first-order valence-electron chi connectivity index (χ1n) is 5.06. The van der Waals surface area contributed by atoms with Gasteiger partial charge in [0.05, 0.1) is 5.70 Å². The van der Waals surface area contributed by atoms with Crippen molar-refractivity contribution >= 4 is 0 Å². The molecule has 0 saturated carbocycles. The topological polar surface area (TPSA) is 12.5 Å². The molecule has 0 bridgehead atoms. The molecule has 0 spiro atoms. The van der Waals surface area contributed by atoms with E-state index in [1.165, 1.54) is 0 Å². The third-order valence-electron chi connectivity index (χ3n) is 2.02. The van der Waals surface area contributed by atoms with E-state index in [1.807, 2.05) is 31.4 Å². The molecule has 0 aromatic heterocycles. The van der Waals surface area contributed by atoms with Gasteiger partial charge in [0.25, 0.3) is 0 Å². The molecule has 15 heavy (non-hydrogen) atoms. The van der Waals surface area contributed by atoms with E-state index in [4.69, 9.17) is 4.84 Å². The van der Waals surface area contributed by atoms with Crippen molar-refractivity contribution in [2.24, 2.45) is 0 Å². The Bertz CT molecular complexity index is 334. The van der Waals surface area contributed by atoms with Crippen LogP contribution in [0.5, 0.6) is 0 Å². The Kier molecular flexibility index (Phi) is 4.48. The Balaban J connectivity index is 2.93. The van der Waals surface area contributed by atoms with Gasteiger partial charge in [0.2, 0.25) is 0 Å². The fraction of sp³-hybridized carbons (Fsp3) is 0.231. The van der Waals surface area contributed by atoms with Crippen molar-refractivity contribution in [3.8, 4) is 0 Å². The van der Waals surface area contributed by atoms with Crippen LogP contribution >= 0.6 is 0 Å². The Labute approximate surface area is 91.5 Å². The number of nitrogens with zero attached hydrogens (tertiary/aromatic N) is 1. The minimum Gasteiger partial charge on any atom is -0.388 e. The highest BCUT2D eigenvalue weighted by molar-refractivity contribution is 5.41. The monoisotopic (exact) mass is 203 g/mol. The first-order valence-corrected chi connectivity index (χ1v) is 5.06. The largest absolute Gasteiger partial charge is 0.388 e. The first-order chi connectivity index (χ1) is 7.29. The fourth-order valence-corrected chi connectivity index (χ4v) is 1.35. The van der Waals surface area contributed by atoms with E-state index in [2.05, 4.69) is 19.6 Å². The molecular formula is C13H17NO. The van der Waals surface area contributed by atoms with Crippen LogP contribution in [0.25, 0.3) is 0 Å². The zero-order valence-corrected chi connectivity index (χ0v) is 9.31. The summed E-state index contributed by atoms with van der Waals surface area (Å²) in [7, 11) is 1.89. The van der Waals surface area contributed by atoms with Gasteiger partial charge in [0.15, 0.2) is 0 Å². The van der Waals surface area contributed by atoms with Crippen molar-refractivity contribution in [1.29, 1.82) is 0 Å². The summed E-state index contributed by atoms with van der Waals surface area (Å²) in [6, 6.07) is 0. The van der Waals surface area contributed by atoms with Gasteiger partial charge in [-0.1, -0.05) is 37.8 Å². The van der Waals surface area contributed by atoms with E-state index < -0.39 is 0 Å². The maximum absolute atomic E-state index is 5.28. The van der Waals surface area contributed by atoms with Gasteiger partial charge in [-0.25, -0.2) is 5.06 Å². The van der Waals surface area contributed by atoms with E-state index >= 15 is 0 Å². The summed E-state index contributed by atoms with van der Waals surface area (Å²) in [6.07, 6.45) is 14.4. The SMILES string of the molecule is C=C/C=C\C(=C/CC)C1=CC=CON1C. The summed E-state index contributed by atoms with van der Waals surface area (Å²) >= 11 is 0. The van der Waals surface area contributed by atoms with Crippen molar-refractivity contribution < 1.29 is 4.84 Å². The van der Waals surface area contributed by atoms with Gasteiger partial charge >= 0.3 is 0 Å². The van der Waals surface area contributed by atoms with Crippen LogP contribution in [0, 0.1) is 0 Å². The standard InChI is InChI=1S/C13H17NO/c1-4-6-9-12(8-5-2)13-10-7-11-15-14(13)3/h4,6-11H,1,5H2,2-3H3/b9-6-,12-8+. The molecule has 0 radical (unpaired) electrons. The summed E-state index contributed by atoms with van der Waals surface area (Å²) in [5.74, 6) is 0. The average Bonchev–Trinajstić information content (AvgIpc) is 2.25. The summed E-state index contributed by atoms with van der Waals surface area (Å²) in [6.45, 7) is 5.78. The van der Waals surface area contributed by atoms with Gasteiger partial charge in [-0.05, 0) is 24.1 Å². The van der Waals surface area contributed by atoms with Crippen molar-refractivity contribution in [1.82, 2.24) is 5.06 Å². The molecule has 1 rings (SSSR count). The van der Waals surface area contributed by atoms with Crippen LogP contribution in [-0.4, -0.2) is 12.1 Å². The molecule has 2 nitrogen and oxygen atoms in total. The highest BCUT2D eigenvalue weighted by Gasteiger charge is 2.09. The quantitative estimate of drug-likeness (QED) is 0.650. The predicted octanol–water partition coefficient (Wildman–Crippen LogP) is 3.34. The van der Waals surface area contributed by atoms with Crippen LogP contribution in [0.1, 0.15) is 13.3 Å². The van der Waals surface area contributed by atoms with Gasteiger partial charge in [-0.2, -0.15) is 0 Å². The Morgan fingerprint density at radius 1 is 1.60 bits per heavy atom. The zero-order chi connectivity index (χ0) is 11.1. The third kappa shape index (κ3) is 3.17.